The molecule has 2 aromatic rings. The molecule has 0 aliphatic heterocycles. The first-order valence-electron chi connectivity index (χ1n) is 7.57. The van der Waals surface area contributed by atoms with Crippen LogP contribution in [-0.2, 0) is 4.74 Å². The Morgan fingerprint density at radius 2 is 2.13 bits per heavy atom. The number of hydrogen-bond donors (Lipinski definition) is 3. The second-order valence-electron chi connectivity index (χ2n) is 4.90. The molecule has 0 atom stereocenters. The molecule has 0 saturated heterocycles. The van der Waals surface area contributed by atoms with Crippen LogP contribution in [0.3, 0.4) is 0 Å². The number of benzene rings is 2. The zero-order valence-electron chi connectivity index (χ0n) is 13.1. The highest BCUT2D eigenvalue weighted by molar-refractivity contribution is 7.80. The largest absolute Gasteiger partial charge is 0.507 e. The van der Waals surface area contributed by atoms with Gasteiger partial charge in [0, 0.05) is 25.3 Å². The van der Waals surface area contributed by atoms with Crippen LogP contribution in [0.2, 0.25) is 0 Å². The molecule has 0 aliphatic carbocycles. The predicted molar refractivity (Wildman–Crippen MR) is 98.1 cm³/mol. The van der Waals surface area contributed by atoms with Gasteiger partial charge in [-0.25, -0.2) is 0 Å². The van der Waals surface area contributed by atoms with Crippen LogP contribution in [0.15, 0.2) is 41.5 Å². The van der Waals surface area contributed by atoms with Crippen LogP contribution in [0.25, 0.3) is 10.8 Å². The van der Waals surface area contributed by atoms with Gasteiger partial charge in [-0.3, -0.25) is 5.43 Å². The van der Waals surface area contributed by atoms with Crippen LogP contribution in [0.1, 0.15) is 18.9 Å². The molecule has 23 heavy (non-hydrogen) atoms. The summed E-state index contributed by atoms with van der Waals surface area (Å²) in [5, 5.41) is 19.6. The van der Waals surface area contributed by atoms with E-state index in [0.29, 0.717) is 17.3 Å². The van der Waals surface area contributed by atoms with Gasteiger partial charge in [0.25, 0.3) is 0 Å². The van der Waals surface area contributed by atoms with E-state index in [1.165, 1.54) is 0 Å². The van der Waals surface area contributed by atoms with Crippen LogP contribution in [0, 0.1) is 0 Å². The summed E-state index contributed by atoms with van der Waals surface area (Å²) in [6.07, 6.45) is 2.45. The monoisotopic (exact) mass is 331 g/mol. The smallest absolute Gasteiger partial charge is 0.186 e. The normalized spacial score (nSPS) is 11.0. The van der Waals surface area contributed by atoms with Crippen molar-refractivity contribution < 1.29 is 9.84 Å². The standard InChI is InChI=1S/C17H21N3O2S/c1-2-22-11-5-10-18-17(23)20-19-12-15-14-7-4-3-6-13(14)8-9-16(15)21/h3-4,6-9,12,21H,2,5,10-11H2,1H3,(H2,18,20,23)/b19-12+. The summed E-state index contributed by atoms with van der Waals surface area (Å²) in [7, 11) is 0. The number of thiocarbonyl (C=S) groups is 1. The van der Waals surface area contributed by atoms with Gasteiger partial charge in [-0.1, -0.05) is 30.3 Å². The van der Waals surface area contributed by atoms with E-state index in [0.717, 1.165) is 30.3 Å². The van der Waals surface area contributed by atoms with Crippen LogP contribution < -0.4 is 10.7 Å². The molecule has 0 fully saturated rings. The summed E-state index contributed by atoms with van der Waals surface area (Å²) in [5.41, 5.74) is 3.41. The molecule has 0 aromatic heterocycles. The van der Waals surface area contributed by atoms with Crippen molar-refractivity contribution in [3.63, 3.8) is 0 Å². The Morgan fingerprint density at radius 3 is 2.96 bits per heavy atom. The number of hydrogen-bond acceptors (Lipinski definition) is 4. The molecule has 0 radical (unpaired) electrons. The van der Waals surface area contributed by atoms with E-state index < -0.39 is 0 Å². The minimum absolute atomic E-state index is 0.185. The van der Waals surface area contributed by atoms with Gasteiger partial charge in [0.1, 0.15) is 5.75 Å². The second-order valence-corrected chi connectivity index (χ2v) is 5.30. The summed E-state index contributed by atoms with van der Waals surface area (Å²) in [6, 6.07) is 11.4. The summed E-state index contributed by atoms with van der Waals surface area (Å²) in [6.45, 7) is 4.12. The lowest BCUT2D eigenvalue weighted by atomic mass is 10.0. The molecule has 3 N–H and O–H groups in total. The SMILES string of the molecule is CCOCCCNC(=S)N/N=C/c1c(O)ccc2ccccc12. The number of hydrazone groups is 1. The van der Waals surface area contributed by atoms with Crippen molar-refractivity contribution in [2.45, 2.75) is 13.3 Å². The molecule has 0 saturated carbocycles. The molecule has 0 spiro atoms. The first kappa shape index (κ1) is 17.2. The highest BCUT2D eigenvalue weighted by Gasteiger charge is 2.04. The number of phenolic OH excluding ortho intramolecular Hbond substituents is 1. The van der Waals surface area contributed by atoms with Gasteiger partial charge in [-0.2, -0.15) is 5.10 Å². The maximum atomic E-state index is 10.0. The molecular formula is C17H21N3O2S. The number of ether oxygens (including phenoxy) is 1. The fourth-order valence-corrected chi connectivity index (χ4v) is 2.29. The average Bonchev–Trinajstić information content (AvgIpc) is 2.56. The third kappa shape index (κ3) is 5.19. The lowest BCUT2D eigenvalue weighted by Gasteiger charge is -2.07. The lowest BCUT2D eigenvalue weighted by molar-refractivity contribution is 0.145. The third-order valence-electron chi connectivity index (χ3n) is 3.26. The number of phenols is 1. The summed E-state index contributed by atoms with van der Waals surface area (Å²) in [5.74, 6) is 0.185. The topological polar surface area (TPSA) is 65.9 Å². The molecule has 0 heterocycles. The van der Waals surface area contributed by atoms with Crippen molar-refractivity contribution in [1.29, 1.82) is 0 Å². The maximum Gasteiger partial charge on any atom is 0.186 e. The Balaban J connectivity index is 1.91. The van der Waals surface area contributed by atoms with Gasteiger partial charge in [-0.15, -0.1) is 0 Å². The molecule has 0 aliphatic rings. The van der Waals surface area contributed by atoms with Gasteiger partial charge < -0.3 is 15.2 Å². The van der Waals surface area contributed by atoms with Crippen LogP contribution >= 0.6 is 12.2 Å². The number of rotatable bonds is 7. The summed E-state index contributed by atoms with van der Waals surface area (Å²) < 4.78 is 5.25. The van der Waals surface area contributed by atoms with E-state index in [4.69, 9.17) is 17.0 Å². The van der Waals surface area contributed by atoms with E-state index in [-0.39, 0.29) is 5.75 Å². The molecule has 5 nitrogen and oxygen atoms in total. The van der Waals surface area contributed by atoms with Crippen molar-refractivity contribution in [3.8, 4) is 5.75 Å². The summed E-state index contributed by atoms with van der Waals surface area (Å²) in [4.78, 5) is 0. The first-order chi connectivity index (χ1) is 11.2. The molecule has 2 aromatic carbocycles. The lowest BCUT2D eigenvalue weighted by Crippen LogP contribution is -2.33. The van der Waals surface area contributed by atoms with Gasteiger partial charge in [-0.05, 0) is 42.4 Å². The maximum absolute atomic E-state index is 10.0. The minimum Gasteiger partial charge on any atom is -0.507 e. The van der Waals surface area contributed by atoms with Crippen molar-refractivity contribution >= 4 is 34.3 Å². The number of fused-ring (bicyclic) bond motifs is 1. The van der Waals surface area contributed by atoms with Gasteiger partial charge >= 0.3 is 0 Å². The predicted octanol–water partition coefficient (Wildman–Crippen LogP) is 2.77. The minimum atomic E-state index is 0.185. The first-order valence-corrected chi connectivity index (χ1v) is 7.98. The van der Waals surface area contributed by atoms with Crippen LogP contribution in [0.4, 0.5) is 0 Å². The molecule has 122 valence electrons. The fourth-order valence-electron chi connectivity index (χ4n) is 2.14. The Labute approximate surface area is 141 Å². The highest BCUT2D eigenvalue weighted by atomic mass is 32.1. The quantitative estimate of drug-likeness (QED) is 0.315. The highest BCUT2D eigenvalue weighted by Crippen LogP contribution is 2.25. The number of aromatic hydroxyl groups is 1. The average molecular weight is 331 g/mol. The molecule has 0 unspecified atom stereocenters. The van der Waals surface area contributed by atoms with Crippen molar-refractivity contribution in [2.24, 2.45) is 5.10 Å². The molecule has 6 heteroatoms. The number of nitrogens with zero attached hydrogens (tertiary/aromatic N) is 1. The van der Waals surface area contributed by atoms with Gasteiger partial charge in [0.15, 0.2) is 5.11 Å². The summed E-state index contributed by atoms with van der Waals surface area (Å²) >= 11 is 5.14. The van der Waals surface area contributed by atoms with Gasteiger partial charge in [0.05, 0.1) is 6.21 Å². The third-order valence-corrected chi connectivity index (χ3v) is 3.50. The van der Waals surface area contributed by atoms with E-state index >= 15 is 0 Å². The molecule has 0 amide bonds. The fraction of sp³-hybridized carbons (Fsp3) is 0.294. The number of nitrogens with one attached hydrogen (secondary N) is 2. The second kappa shape index (κ2) is 9.07. The van der Waals surface area contributed by atoms with E-state index in [1.807, 2.05) is 37.3 Å². The Kier molecular flexibility index (Phi) is 6.77. The van der Waals surface area contributed by atoms with Crippen molar-refractivity contribution in [2.75, 3.05) is 19.8 Å². The Bertz CT molecular complexity index is 689. The molecule has 0 bridgehead atoms. The zero-order chi connectivity index (χ0) is 16.5. The van der Waals surface area contributed by atoms with Crippen molar-refractivity contribution in [1.82, 2.24) is 10.7 Å². The zero-order valence-corrected chi connectivity index (χ0v) is 13.9. The van der Waals surface area contributed by atoms with E-state index in [1.54, 1.807) is 12.3 Å². The Morgan fingerprint density at radius 1 is 1.30 bits per heavy atom. The van der Waals surface area contributed by atoms with Crippen LogP contribution in [-0.4, -0.2) is 36.2 Å². The van der Waals surface area contributed by atoms with Gasteiger partial charge in [0.2, 0.25) is 0 Å². The van der Waals surface area contributed by atoms with E-state index in [2.05, 4.69) is 15.8 Å². The Hall–Kier alpha value is -2.18. The van der Waals surface area contributed by atoms with Crippen LogP contribution in [0.5, 0.6) is 5.75 Å². The van der Waals surface area contributed by atoms with E-state index in [9.17, 15) is 5.11 Å². The van der Waals surface area contributed by atoms with Crippen molar-refractivity contribution in [3.05, 3.63) is 42.0 Å². The molecule has 2 rings (SSSR count). The molecular weight excluding hydrogens is 310 g/mol.